The maximum atomic E-state index is 9.74. The Morgan fingerprint density at radius 3 is 1.60 bits per heavy atom. The maximum absolute atomic E-state index is 9.74. The predicted molar refractivity (Wildman–Crippen MR) is 187 cm³/mol. The monoisotopic (exact) mass is 600 g/mol. The Bertz CT molecular complexity index is 4140. The molecule has 0 aliphatic rings. The van der Waals surface area contributed by atoms with Crippen LogP contribution in [0.4, 0.5) is 0 Å². The summed E-state index contributed by atoms with van der Waals surface area (Å²) in [5, 5.41) is -2.53. The van der Waals surface area contributed by atoms with E-state index in [9.17, 15) is 11.0 Å². The van der Waals surface area contributed by atoms with Gasteiger partial charge < -0.3 is 9.13 Å². The van der Waals surface area contributed by atoms with Crippen molar-refractivity contribution in [3.8, 4) is 17.2 Å². The van der Waals surface area contributed by atoms with Crippen LogP contribution in [0, 0.1) is 0 Å². The van der Waals surface area contributed by atoms with Gasteiger partial charge in [-0.2, -0.15) is 0 Å². The zero-order chi connectivity index (χ0) is 52.1. The van der Waals surface area contributed by atoms with Gasteiger partial charge >= 0.3 is 0 Å². The fourth-order valence-electron chi connectivity index (χ4n) is 5.72. The van der Waals surface area contributed by atoms with Crippen molar-refractivity contribution < 1.29 is 35.6 Å². The van der Waals surface area contributed by atoms with E-state index in [1.165, 1.54) is 0 Å². The van der Waals surface area contributed by atoms with Gasteiger partial charge in [0, 0.05) is 32.6 Å². The Morgan fingerprint density at radius 1 is 0.378 bits per heavy atom. The van der Waals surface area contributed by atoms with Crippen molar-refractivity contribution in [1.29, 1.82) is 0 Å². The number of benzene rings is 6. The molecule has 0 saturated heterocycles. The second-order valence-corrected chi connectivity index (χ2v) is 9.70. The molecule has 45 heavy (non-hydrogen) atoms. The van der Waals surface area contributed by atoms with Gasteiger partial charge in [-0.3, -0.25) is 4.57 Å². The summed E-state index contributed by atoms with van der Waals surface area (Å²) in [6.07, 6.45) is 0. The smallest absolute Gasteiger partial charge is 0.138 e. The van der Waals surface area contributed by atoms with Crippen molar-refractivity contribution in [3.05, 3.63) is 157 Å². The van der Waals surface area contributed by atoms with Crippen LogP contribution in [0.25, 0.3) is 82.7 Å². The lowest BCUT2D eigenvalue weighted by Crippen LogP contribution is -1.99. The van der Waals surface area contributed by atoms with Crippen LogP contribution in [-0.4, -0.2) is 18.7 Å². The third-order valence-electron chi connectivity index (χ3n) is 7.47. The molecule has 0 spiro atoms. The van der Waals surface area contributed by atoms with Crippen LogP contribution >= 0.6 is 0 Å². The van der Waals surface area contributed by atoms with E-state index in [4.69, 9.17) is 24.7 Å². The molecule has 0 radical (unpaired) electrons. The highest BCUT2D eigenvalue weighted by atomic mass is 15.1. The highest BCUT2D eigenvalue weighted by Gasteiger charge is 2.21. The predicted octanol–water partition coefficient (Wildman–Crippen LogP) is 10.4. The molecule has 0 bridgehead atoms. The molecule has 4 heterocycles. The van der Waals surface area contributed by atoms with Gasteiger partial charge in [0.2, 0.25) is 0 Å². The van der Waals surface area contributed by atoms with Gasteiger partial charge in [0.05, 0.1) is 79.9 Å². The summed E-state index contributed by atoms with van der Waals surface area (Å²) in [6.45, 7) is 0. The molecule has 0 aliphatic heterocycles. The van der Waals surface area contributed by atoms with Gasteiger partial charge in [-0.1, -0.05) is 96.7 Å². The van der Waals surface area contributed by atoms with Crippen LogP contribution in [0.3, 0.4) is 0 Å². The van der Waals surface area contributed by atoms with Gasteiger partial charge in [0.15, 0.2) is 0 Å². The molecule has 6 aromatic carbocycles. The normalized spacial score (nSPS) is 20.1. The maximum Gasteiger partial charge on any atom is 0.138 e. The zero-order valence-corrected chi connectivity index (χ0v) is 22.3. The minimum absolute atomic E-state index is 0.421. The molecule has 0 amide bonds. The molecular formula is C41H26N4. The molecule has 0 N–H and O–H groups in total. The summed E-state index contributed by atoms with van der Waals surface area (Å²) in [4.78, 5) is 4.64. The Labute approximate surface area is 295 Å². The fourth-order valence-corrected chi connectivity index (χ4v) is 5.72. The number of hydrogen-bond acceptors (Lipinski definition) is 1. The second-order valence-electron chi connectivity index (χ2n) is 9.70. The first-order valence-electron chi connectivity index (χ1n) is 26.2. The number of hydrogen-bond donors (Lipinski definition) is 0. The molecular weight excluding hydrogens is 548 g/mol. The first-order valence-corrected chi connectivity index (χ1v) is 13.2. The Morgan fingerprint density at radius 2 is 0.911 bits per heavy atom. The van der Waals surface area contributed by atoms with E-state index in [2.05, 4.69) is 4.98 Å². The molecule has 10 aromatic rings. The molecule has 0 atom stereocenters. The van der Waals surface area contributed by atoms with Crippen molar-refractivity contribution in [1.82, 2.24) is 18.7 Å². The van der Waals surface area contributed by atoms with E-state index in [1.807, 2.05) is 0 Å². The van der Waals surface area contributed by atoms with Crippen molar-refractivity contribution >= 4 is 65.5 Å². The van der Waals surface area contributed by atoms with Crippen LogP contribution in [0.1, 0.15) is 35.6 Å². The largest absolute Gasteiger partial charge is 0.309 e. The SMILES string of the molecule is [2H]c1c([2H])c([2H])c(-n2c3c([2H])c([2H])c([2H])c([2H])c3c3c(-n4c5c([2H])c([2H])c(-n6c7c([2H])c([2H])c([2H])c([2H])c7c7c([2H])c([2H])c([2H])c([2H])c76)nc5c5c([2H])c([2H])c([2H])c([2H])c54)c([2H])c([2H])c([2H])c32)c([2H])c1[2H]. The fraction of sp³-hybridized carbons (Fsp3) is 0. The van der Waals surface area contributed by atoms with Gasteiger partial charge in [-0.25, -0.2) is 4.98 Å². The van der Waals surface area contributed by atoms with Crippen LogP contribution in [-0.2, 0) is 0 Å². The number of rotatable bonds is 3. The molecule has 0 saturated carbocycles. The lowest BCUT2D eigenvalue weighted by Gasteiger charge is -2.12. The number of aromatic nitrogens is 4. The third kappa shape index (κ3) is 3.34. The van der Waals surface area contributed by atoms with Crippen molar-refractivity contribution in [2.75, 3.05) is 0 Å². The van der Waals surface area contributed by atoms with Gasteiger partial charge in [-0.15, -0.1) is 0 Å². The Balaban J connectivity index is 1.52. The lowest BCUT2D eigenvalue weighted by atomic mass is 10.1. The van der Waals surface area contributed by atoms with Crippen molar-refractivity contribution in [2.24, 2.45) is 0 Å². The molecule has 0 unspecified atom stereocenters. The van der Waals surface area contributed by atoms with E-state index >= 15 is 0 Å². The highest BCUT2D eigenvalue weighted by Crippen LogP contribution is 2.40. The van der Waals surface area contributed by atoms with Gasteiger partial charge in [0.1, 0.15) is 5.82 Å². The highest BCUT2D eigenvalue weighted by molar-refractivity contribution is 6.16. The number of nitrogens with zero attached hydrogens (tertiary/aromatic N) is 4. The third-order valence-corrected chi connectivity index (χ3v) is 7.47. The lowest BCUT2D eigenvalue weighted by molar-refractivity contribution is 1.10. The molecule has 10 rings (SSSR count). The summed E-state index contributed by atoms with van der Waals surface area (Å²) >= 11 is 0. The summed E-state index contributed by atoms with van der Waals surface area (Å²) in [5.41, 5.74) is -5.60. The summed E-state index contributed by atoms with van der Waals surface area (Å²) in [7, 11) is 0. The minimum atomic E-state index is -0.995. The van der Waals surface area contributed by atoms with E-state index in [1.54, 1.807) is 0 Å². The van der Waals surface area contributed by atoms with E-state index in [-0.39, 0.29) is 0 Å². The number of pyridine rings is 1. The average Bonchev–Trinajstić information content (AvgIpc) is 4.00. The molecule has 4 nitrogen and oxygen atoms in total. The summed E-state index contributed by atoms with van der Waals surface area (Å²) in [6, 6.07) is -22.7. The molecule has 0 aliphatic carbocycles. The Hall–Kier alpha value is -6.13. The van der Waals surface area contributed by atoms with Crippen LogP contribution in [0.5, 0.6) is 0 Å². The van der Waals surface area contributed by atoms with Crippen LogP contribution in [0.2, 0.25) is 0 Å². The van der Waals surface area contributed by atoms with E-state index < -0.39 is 240 Å². The van der Waals surface area contributed by atoms with E-state index in [0.29, 0.717) is 0 Å². The second kappa shape index (κ2) is 9.18. The molecule has 0 fully saturated rings. The average molecular weight is 601 g/mol. The molecule has 210 valence electrons. The topological polar surface area (TPSA) is 27.7 Å². The van der Waals surface area contributed by atoms with Crippen LogP contribution < -0.4 is 0 Å². The summed E-state index contributed by atoms with van der Waals surface area (Å²) in [5.74, 6) is -0.741. The van der Waals surface area contributed by atoms with Gasteiger partial charge in [0.25, 0.3) is 0 Å². The van der Waals surface area contributed by atoms with Gasteiger partial charge in [-0.05, 0) is 60.4 Å². The van der Waals surface area contributed by atoms with Crippen molar-refractivity contribution in [3.63, 3.8) is 0 Å². The van der Waals surface area contributed by atoms with E-state index in [0.717, 1.165) is 13.7 Å². The number of para-hydroxylation sites is 5. The quantitative estimate of drug-likeness (QED) is 0.198. The number of fused-ring (bicyclic) bond motifs is 9. The van der Waals surface area contributed by atoms with Crippen molar-refractivity contribution in [2.45, 2.75) is 0 Å². The molecule has 4 heteroatoms. The first kappa shape index (κ1) is 10.2. The van der Waals surface area contributed by atoms with Crippen LogP contribution in [0.15, 0.2) is 157 Å². The zero-order valence-electron chi connectivity index (χ0n) is 48.3. The minimum Gasteiger partial charge on any atom is -0.309 e. The molecule has 4 aromatic heterocycles. The first-order chi connectivity index (χ1) is 33.2. The standard InChI is InChI=1S/C41H26N4/c1-2-13-27(14-3-1)43-34-21-10-6-17-30(34)40-36(43)23-12-24-37(40)44-35-22-11-7-18-31(35)41-38(44)25-26-39(42-41)45-32-19-8-4-15-28(32)29-16-5-9-20-33(29)45/h1-26H/i1D,2D,3D,4D,5D,6D,7D,8D,9D,10D,11D,12D,13D,14D,15D,16D,17D,18D,19D,20D,21D,22D,23D,24D,25D,26D. The summed E-state index contributed by atoms with van der Waals surface area (Å²) < 4.78 is 234. The Kier molecular flexibility index (Phi) is 2.08.